The predicted octanol–water partition coefficient (Wildman–Crippen LogP) is 2.82. The Morgan fingerprint density at radius 3 is 2.32 bits per heavy atom. The Kier molecular flexibility index (Phi) is 6.57. The lowest BCUT2D eigenvalue weighted by Gasteiger charge is -2.29. The molecule has 0 spiro atoms. The van der Waals surface area contributed by atoms with E-state index in [2.05, 4.69) is 17.0 Å². The number of sulfonamides is 1. The third-order valence-electron chi connectivity index (χ3n) is 4.72. The van der Waals surface area contributed by atoms with Crippen LogP contribution in [-0.2, 0) is 14.8 Å². The maximum atomic E-state index is 13.8. The Labute approximate surface area is 149 Å². The van der Waals surface area contributed by atoms with E-state index in [4.69, 9.17) is 0 Å². The molecule has 7 heteroatoms. The zero-order chi connectivity index (χ0) is 18.6. The first-order valence-electron chi connectivity index (χ1n) is 8.78. The fraction of sp³-hybridized carbons (Fsp3) is 0.611. The average Bonchev–Trinajstić information content (AvgIpc) is 2.54. The van der Waals surface area contributed by atoms with Gasteiger partial charge in [0.05, 0.1) is 0 Å². The summed E-state index contributed by atoms with van der Waals surface area (Å²) >= 11 is 0. The van der Waals surface area contributed by atoms with Gasteiger partial charge in [-0.15, -0.1) is 0 Å². The summed E-state index contributed by atoms with van der Waals surface area (Å²) in [6.07, 6.45) is 3.91. The first kappa shape index (κ1) is 19.8. The second-order valence-electron chi connectivity index (χ2n) is 7.24. The van der Waals surface area contributed by atoms with E-state index in [9.17, 15) is 17.6 Å². The molecule has 0 radical (unpaired) electrons. The van der Waals surface area contributed by atoms with Crippen molar-refractivity contribution in [2.24, 2.45) is 11.8 Å². The van der Waals surface area contributed by atoms with Crippen molar-refractivity contribution in [1.29, 1.82) is 0 Å². The van der Waals surface area contributed by atoms with Crippen LogP contribution >= 0.6 is 0 Å². The normalized spacial score (nSPS) is 22.6. The standard InChI is InChI=1S/C18H27FN2O3S/c1-12(2)17(18(22)20-14-10-8-13(3)9-11-14)21-25(23,24)16-7-5-4-6-15(16)19/h4-7,12-14,17,21H,8-11H2,1-3H3,(H,20,22). The lowest BCUT2D eigenvalue weighted by atomic mass is 9.87. The summed E-state index contributed by atoms with van der Waals surface area (Å²) in [6.45, 7) is 5.71. The third-order valence-corrected chi connectivity index (χ3v) is 6.19. The van der Waals surface area contributed by atoms with Crippen LogP contribution in [0.25, 0.3) is 0 Å². The van der Waals surface area contributed by atoms with Crippen LogP contribution < -0.4 is 10.0 Å². The first-order valence-corrected chi connectivity index (χ1v) is 10.3. The van der Waals surface area contributed by atoms with Gasteiger partial charge in [0.1, 0.15) is 16.8 Å². The van der Waals surface area contributed by atoms with E-state index in [-0.39, 0.29) is 17.9 Å². The molecule has 1 amide bonds. The summed E-state index contributed by atoms with van der Waals surface area (Å²) in [7, 11) is -4.12. The number of halogens is 1. The van der Waals surface area contributed by atoms with Gasteiger partial charge < -0.3 is 5.32 Å². The number of carbonyl (C=O) groups excluding carboxylic acids is 1. The Hall–Kier alpha value is -1.47. The zero-order valence-electron chi connectivity index (χ0n) is 15.0. The molecule has 1 unspecified atom stereocenters. The number of nitrogens with one attached hydrogen (secondary N) is 2. The summed E-state index contributed by atoms with van der Waals surface area (Å²) in [5.74, 6) is -0.786. The Bertz CT molecular complexity index is 698. The van der Waals surface area contributed by atoms with Crippen molar-refractivity contribution in [1.82, 2.24) is 10.0 Å². The molecule has 25 heavy (non-hydrogen) atoms. The molecule has 1 aromatic rings. The highest BCUT2D eigenvalue weighted by Gasteiger charge is 2.31. The van der Waals surface area contributed by atoms with Gasteiger partial charge in [0.2, 0.25) is 15.9 Å². The van der Waals surface area contributed by atoms with E-state index < -0.39 is 26.8 Å². The van der Waals surface area contributed by atoms with Gasteiger partial charge in [-0.1, -0.05) is 32.9 Å². The van der Waals surface area contributed by atoms with Crippen molar-refractivity contribution >= 4 is 15.9 Å². The molecule has 1 saturated carbocycles. The van der Waals surface area contributed by atoms with E-state index in [0.29, 0.717) is 5.92 Å². The molecule has 2 rings (SSSR count). The van der Waals surface area contributed by atoms with Crippen LogP contribution in [0.2, 0.25) is 0 Å². The molecule has 0 aliphatic heterocycles. The maximum absolute atomic E-state index is 13.8. The molecule has 1 aliphatic rings. The van der Waals surface area contributed by atoms with Gasteiger partial charge in [0.25, 0.3) is 0 Å². The molecule has 140 valence electrons. The third kappa shape index (κ3) is 5.25. The fourth-order valence-electron chi connectivity index (χ4n) is 3.08. The smallest absolute Gasteiger partial charge is 0.244 e. The molecular weight excluding hydrogens is 343 g/mol. The SMILES string of the molecule is CC1CCC(NC(=O)C(NS(=O)(=O)c2ccccc2F)C(C)C)CC1. The summed E-state index contributed by atoms with van der Waals surface area (Å²) in [5.41, 5.74) is 0. The number of hydrogen-bond acceptors (Lipinski definition) is 3. The van der Waals surface area contributed by atoms with Gasteiger partial charge >= 0.3 is 0 Å². The van der Waals surface area contributed by atoms with Crippen molar-refractivity contribution in [3.05, 3.63) is 30.1 Å². The van der Waals surface area contributed by atoms with E-state index in [0.717, 1.165) is 31.7 Å². The van der Waals surface area contributed by atoms with Crippen molar-refractivity contribution < 1.29 is 17.6 Å². The molecule has 5 nitrogen and oxygen atoms in total. The fourth-order valence-corrected chi connectivity index (χ4v) is 4.50. The van der Waals surface area contributed by atoms with Crippen LogP contribution in [0.5, 0.6) is 0 Å². The van der Waals surface area contributed by atoms with Crippen LogP contribution in [0, 0.1) is 17.7 Å². The number of carbonyl (C=O) groups is 1. The molecule has 2 N–H and O–H groups in total. The number of benzene rings is 1. The Morgan fingerprint density at radius 2 is 1.76 bits per heavy atom. The van der Waals surface area contributed by atoms with Gasteiger partial charge in [-0.05, 0) is 49.7 Å². The summed E-state index contributed by atoms with van der Waals surface area (Å²) in [4.78, 5) is 12.2. The molecule has 0 bridgehead atoms. The highest BCUT2D eigenvalue weighted by atomic mass is 32.2. The van der Waals surface area contributed by atoms with Crippen molar-refractivity contribution in [2.75, 3.05) is 0 Å². The van der Waals surface area contributed by atoms with Crippen LogP contribution in [0.15, 0.2) is 29.2 Å². The molecule has 1 fully saturated rings. The molecule has 0 aromatic heterocycles. The molecular formula is C18H27FN2O3S. The monoisotopic (exact) mass is 370 g/mol. The lowest BCUT2D eigenvalue weighted by molar-refractivity contribution is -0.124. The molecule has 1 aromatic carbocycles. The van der Waals surface area contributed by atoms with Gasteiger partial charge in [-0.2, -0.15) is 4.72 Å². The van der Waals surface area contributed by atoms with Crippen LogP contribution in [0.1, 0.15) is 46.5 Å². The van der Waals surface area contributed by atoms with Crippen LogP contribution in [0.3, 0.4) is 0 Å². The van der Waals surface area contributed by atoms with Gasteiger partial charge in [0, 0.05) is 6.04 Å². The van der Waals surface area contributed by atoms with E-state index in [1.54, 1.807) is 13.8 Å². The quantitative estimate of drug-likeness (QED) is 0.808. The minimum Gasteiger partial charge on any atom is -0.352 e. The van der Waals surface area contributed by atoms with Crippen molar-refractivity contribution in [3.63, 3.8) is 0 Å². The predicted molar refractivity (Wildman–Crippen MR) is 94.9 cm³/mol. The second-order valence-corrected chi connectivity index (χ2v) is 8.92. The average molecular weight is 370 g/mol. The highest BCUT2D eigenvalue weighted by molar-refractivity contribution is 7.89. The minimum absolute atomic E-state index is 0.0721. The van der Waals surface area contributed by atoms with Crippen molar-refractivity contribution in [2.45, 2.75) is 63.4 Å². The van der Waals surface area contributed by atoms with Gasteiger partial charge in [0.15, 0.2) is 0 Å². The van der Waals surface area contributed by atoms with Crippen LogP contribution in [0.4, 0.5) is 4.39 Å². The molecule has 0 saturated heterocycles. The largest absolute Gasteiger partial charge is 0.352 e. The lowest BCUT2D eigenvalue weighted by Crippen LogP contribution is -2.52. The number of rotatable bonds is 6. The molecule has 1 aliphatic carbocycles. The number of hydrogen-bond donors (Lipinski definition) is 2. The van der Waals surface area contributed by atoms with E-state index in [1.807, 2.05) is 0 Å². The minimum atomic E-state index is -4.12. The Balaban J connectivity index is 2.10. The summed E-state index contributed by atoms with van der Waals surface area (Å²) in [6, 6.07) is 4.28. The van der Waals surface area contributed by atoms with E-state index >= 15 is 0 Å². The summed E-state index contributed by atoms with van der Waals surface area (Å²) in [5, 5.41) is 2.95. The van der Waals surface area contributed by atoms with Gasteiger partial charge in [-0.3, -0.25) is 4.79 Å². The first-order chi connectivity index (χ1) is 11.7. The maximum Gasteiger partial charge on any atom is 0.244 e. The topological polar surface area (TPSA) is 75.3 Å². The van der Waals surface area contributed by atoms with Gasteiger partial charge in [-0.25, -0.2) is 12.8 Å². The molecule has 1 atom stereocenters. The zero-order valence-corrected chi connectivity index (χ0v) is 15.8. The van der Waals surface area contributed by atoms with Crippen molar-refractivity contribution in [3.8, 4) is 0 Å². The number of amides is 1. The molecule has 0 heterocycles. The van der Waals surface area contributed by atoms with Crippen LogP contribution in [-0.4, -0.2) is 26.4 Å². The Morgan fingerprint density at radius 1 is 1.16 bits per heavy atom. The second kappa shape index (κ2) is 8.27. The highest BCUT2D eigenvalue weighted by Crippen LogP contribution is 2.24. The summed E-state index contributed by atoms with van der Waals surface area (Å²) < 4.78 is 41.1. The van der Waals surface area contributed by atoms with E-state index in [1.165, 1.54) is 18.2 Å².